The molecule has 1 aliphatic rings. The molecule has 0 radical (unpaired) electrons. The molecule has 1 aromatic carbocycles. The van der Waals surface area contributed by atoms with Crippen molar-refractivity contribution >= 4 is 24.0 Å². The van der Waals surface area contributed by atoms with Crippen LogP contribution in [0.2, 0.25) is 0 Å². The number of carbonyl (C=O) groups excluding carboxylic acids is 1. The molecule has 124 valence electrons. The highest BCUT2D eigenvalue weighted by atomic mass is 35.5. The van der Waals surface area contributed by atoms with Gasteiger partial charge >= 0.3 is 0 Å². The molecule has 1 aromatic heterocycles. The fraction of sp³-hybridized carbons (Fsp3) is 0.467. The number of halogens is 1. The number of nitrogens with two attached hydrogens (primary N) is 1. The van der Waals surface area contributed by atoms with Crippen LogP contribution in [0, 0.1) is 11.8 Å². The SMILES string of the molecule is Cl.Cn1nnnc1-c1cccc(NC(=O)[C@@H]2CCC[C@@H]2CN)c1. The first-order chi connectivity index (χ1) is 10.7. The van der Waals surface area contributed by atoms with E-state index >= 15 is 0 Å². The fourth-order valence-corrected chi connectivity index (χ4v) is 3.11. The molecule has 7 nitrogen and oxygen atoms in total. The molecule has 3 rings (SSSR count). The minimum Gasteiger partial charge on any atom is -0.330 e. The second kappa shape index (κ2) is 7.52. The lowest BCUT2D eigenvalue weighted by Gasteiger charge is -2.17. The molecule has 0 saturated heterocycles. The Labute approximate surface area is 141 Å². The van der Waals surface area contributed by atoms with Crippen LogP contribution in [-0.4, -0.2) is 32.7 Å². The van der Waals surface area contributed by atoms with Crippen molar-refractivity contribution in [3.8, 4) is 11.4 Å². The van der Waals surface area contributed by atoms with Crippen molar-refractivity contribution in [1.29, 1.82) is 0 Å². The largest absolute Gasteiger partial charge is 0.330 e. The summed E-state index contributed by atoms with van der Waals surface area (Å²) in [6.07, 6.45) is 3.03. The second-order valence-electron chi connectivity index (χ2n) is 5.73. The quantitative estimate of drug-likeness (QED) is 0.883. The first-order valence-corrected chi connectivity index (χ1v) is 7.52. The van der Waals surface area contributed by atoms with E-state index in [1.165, 1.54) is 0 Å². The molecule has 1 aliphatic carbocycles. The van der Waals surface area contributed by atoms with Crippen LogP contribution < -0.4 is 11.1 Å². The van der Waals surface area contributed by atoms with Crippen LogP contribution >= 0.6 is 12.4 Å². The predicted molar refractivity (Wildman–Crippen MR) is 90.0 cm³/mol. The number of tetrazole rings is 1. The normalized spacial score (nSPS) is 20.1. The van der Waals surface area contributed by atoms with Crippen molar-refractivity contribution in [2.75, 3.05) is 11.9 Å². The van der Waals surface area contributed by atoms with Crippen molar-refractivity contribution in [3.63, 3.8) is 0 Å². The number of carbonyl (C=O) groups is 1. The van der Waals surface area contributed by atoms with Crippen LogP contribution in [-0.2, 0) is 11.8 Å². The Bertz CT molecular complexity index is 673. The Morgan fingerprint density at radius 2 is 2.26 bits per heavy atom. The molecule has 8 heteroatoms. The number of aryl methyl sites for hydroxylation is 1. The maximum Gasteiger partial charge on any atom is 0.227 e. The van der Waals surface area contributed by atoms with E-state index in [9.17, 15) is 4.79 Å². The number of nitrogens with one attached hydrogen (secondary N) is 1. The lowest BCUT2D eigenvalue weighted by Crippen LogP contribution is -2.29. The van der Waals surface area contributed by atoms with Gasteiger partial charge in [-0.2, -0.15) is 0 Å². The minimum absolute atomic E-state index is 0. The molecule has 1 heterocycles. The number of anilines is 1. The highest BCUT2D eigenvalue weighted by Crippen LogP contribution is 2.32. The van der Waals surface area contributed by atoms with Gasteiger partial charge in [0.1, 0.15) is 0 Å². The summed E-state index contributed by atoms with van der Waals surface area (Å²) in [5, 5.41) is 14.4. The Morgan fingerprint density at radius 3 is 2.96 bits per heavy atom. The van der Waals surface area contributed by atoms with Crippen molar-refractivity contribution in [1.82, 2.24) is 20.2 Å². The van der Waals surface area contributed by atoms with Crippen LogP contribution in [0.3, 0.4) is 0 Å². The zero-order valence-electron chi connectivity index (χ0n) is 13.0. The molecular formula is C15H21ClN6O. The molecular weight excluding hydrogens is 316 g/mol. The van der Waals surface area contributed by atoms with Crippen molar-refractivity contribution in [2.24, 2.45) is 24.6 Å². The molecule has 0 unspecified atom stereocenters. The molecule has 1 saturated carbocycles. The number of amides is 1. The number of benzene rings is 1. The summed E-state index contributed by atoms with van der Waals surface area (Å²) in [6, 6.07) is 7.56. The summed E-state index contributed by atoms with van der Waals surface area (Å²) in [5.74, 6) is 1.04. The van der Waals surface area contributed by atoms with Crippen molar-refractivity contribution in [2.45, 2.75) is 19.3 Å². The summed E-state index contributed by atoms with van der Waals surface area (Å²) in [7, 11) is 1.78. The fourth-order valence-electron chi connectivity index (χ4n) is 3.11. The van der Waals surface area contributed by atoms with Crippen LogP contribution in [0.1, 0.15) is 19.3 Å². The van der Waals surface area contributed by atoms with Crippen LogP contribution in [0.4, 0.5) is 5.69 Å². The number of hydrogen-bond donors (Lipinski definition) is 2. The van der Waals surface area contributed by atoms with Gasteiger partial charge in [0.15, 0.2) is 5.82 Å². The lowest BCUT2D eigenvalue weighted by molar-refractivity contribution is -0.120. The first kappa shape index (κ1) is 17.4. The summed E-state index contributed by atoms with van der Waals surface area (Å²) in [6.45, 7) is 0.572. The highest BCUT2D eigenvalue weighted by molar-refractivity contribution is 5.93. The first-order valence-electron chi connectivity index (χ1n) is 7.52. The van der Waals surface area contributed by atoms with Gasteiger partial charge < -0.3 is 11.1 Å². The van der Waals surface area contributed by atoms with E-state index in [1.54, 1.807) is 11.7 Å². The third-order valence-corrected chi connectivity index (χ3v) is 4.31. The molecule has 1 amide bonds. The third-order valence-electron chi connectivity index (χ3n) is 4.31. The van der Waals surface area contributed by atoms with E-state index in [4.69, 9.17) is 5.73 Å². The maximum atomic E-state index is 12.4. The van der Waals surface area contributed by atoms with Gasteiger partial charge in [-0.25, -0.2) is 4.68 Å². The van der Waals surface area contributed by atoms with E-state index in [1.807, 2.05) is 24.3 Å². The van der Waals surface area contributed by atoms with Crippen LogP contribution in [0.15, 0.2) is 24.3 Å². The Kier molecular flexibility index (Phi) is 5.68. The van der Waals surface area contributed by atoms with Gasteiger partial charge in [0.05, 0.1) is 0 Å². The molecule has 0 bridgehead atoms. The zero-order valence-corrected chi connectivity index (χ0v) is 13.8. The topological polar surface area (TPSA) is 98.7 Å². The Hall–Kier alpha value is -1.99. The molecule has 2 atom stereocenters. The standard InChI is InChI=1S/C15H20N6O.ClH/c1-21-14(18-19-20-21)10-4-2-6-12(8-10)17-15(22)13-7-3-5-11(13)9-16;/h2,4,6,8,11,13H,3,5,7,9,16H2,1H3,(H,17,22);1H/t11-,13-;/m1./s1. The maximum absolute atomic E-state index is 12.4. The summed E-state index contributed by atoms with van der Waals surface area (Å²) < 4.78 is 1.60. The molecule has 2 aromatic rings. The van der Waals surface area contributed by atoms with Crippen LogP contribution in [0.5, 0.6) is 0 Å². The molecule has 0 aliphatic heterocycles. The number of aromatic nitrogens is 4. The average Bonchev–Trinajstić information content (AvgIpc) is 3.15. The van der Waals surface area contributed by atoms with Gasteiger partial charge in [-0.05, 0) is 47.9 Å². The van der Waals surface area contributed by atoms with Gasteiger partial charge in [-0.15, -0.1) is 17.5 Å². The van der Waals surface area contributed by atoms with Gasteiger partial charge in [0, 0.05) is 24.2 Å². The monoisotopic (exact) mass is 336 g/mol. The molecule has 0 spiro atoms. The van der Waals surface area contributed by atoms with Gasteiger partial charge in [0.2, 0.25) is 5.91 Å². The zero-order chi connectivity index (χ0) is 15.5. The van der Waals surface area contributed by atoms with E-state index in [-0.39, 0.29) is 24.2 Å². The Morgan fingerprint density at radius 1 is 1.43 bits per heavy atom. The smallest absolute Gasteiger partial charge is 0.227 e. The van der Waals surface area contributed by atoms with Crippen molar-refractivity contribution in [3.05, 3.63) is 24.3 Å². The van der Waals surface area contributed by atoms with Crippen molar-refractivity contribution < 1.29 is 4.79 Å². The summed E-state index contributed by atoms with van der Waals surface area (Å²) in [5.41, 5.74) is 7.38. The average molecular weight is 337 g/mol. The summed E-state index contributed by atoms with van der Waals surface area (Å²) in [4.78, 5) is 12.4. The van der Waals surface area contributed by atoms with E-state index in [0.29, 0.717) is 18.3 Å². The molecule has 1 fully saturated rings. The van der Waals surface area contributed by atoms with Gasteiger partial charge in [-0.1, -0.05) is 18.6 Å². The second-order valence-corrected chi connectivity index (χ2v) is 5.73. The van der Waals surface area contributed by atoms with Gasteiger partial charge in [0.25, 0.3) is 0 Å². The van der Waals surface area contributed by atoms with E-state index in [2.05, 4.69) is 20.8 Å². The van der Waals surface area contributed by atoms with Gasteiger partial charge in [-0.3, -0.25) is 4.79 Å². The minimum atomic E-state index is 0. The lowest BCUT2D eigenvalue weighted by atomic mass is 9.95. The predicted octanol–water partition coefficient (Wildman–Crippen LogP) is 1.61. The van der Waals surface area contributed by atoms with E-state index in [0.717, 1.165) is 30.5 Å². The van der Waals surface area contributed by atoms with E-state index < -0.39 is 0 Å². The summed E-state index contributed by atoms with van der Waals surface area (Å²) >= 11 is 0. The Balaban J connectivity index is 0.00000192. The third kappa shape index (κ3) is 3.68. The number of hydrogen-bond acceptors (Lipinski definition) is 5. The molecule has 23 heavy (non-hydrogen) atoms. The van der Waals surface area contributed by atoms with Crippen LogP contribution in [0.25, 0.3) is 11.4 Å². The number of rotatable bonds is 4. The number of nitrogens with zero attached hydrogens (tertiary/aromatic N) is 4. The molecule has 3 N–H and O–H groups in total. The highest BCUT2D eigenvalue weighted by Gasteiger charge is 2.31.